The van der Waals surface area contributed by atoms with Crippen molar-refractivity contribution >= 4 is 27.7 Å². The Morgan fingerprint density at radius 2 is 2.10 bits per heavy atom. The fourth-order valence-electron chi connectivity index (χ4n) is 4.42. The molecule has 1 aliphatic rings. The van der Waals surface area contributed by atoms with Gasteiger partial charge in [0, 0.05) is 36.2 Å². The van der Waals surface area contributed by atoms with Crippen molar-refractivity contribution in [2.24, 2.45) is 0 Å². The molecule has 0 radical (unpaired) electrons. The molecule has 1 N–H and O–H groups in total. The first-order valence-electron chi connectivity index (χ1n) is 10.0. The number of aromatic amines is 1. The molecule has 0 spiro atoms. The van der Waals surface area contributed by atoms with Crippen LogP contribution < -0.4 is 4.74 Å². The maximum Gasteiger partial charge on any atom is 0.219 e. The molecule has 0 aliphatic carbocycles. The minimum Gasteiger partial charge on any atom is -0.494 e. The van der Waals surface area contributed by atoms with E-state index in [0.717, 1.165) is 39.8 Å². The largest absolute Gasteiger partial charge is 0.494 e. The molecule has 0 unspecified atom stereocenters. The number of hydrogen-bond acceptors (Lipinski definition) is 3. The number of hydrogen-bond donors (Lipinski definition) is 1. The molecule has 1 aliphatic heterocycles. The molecule has 3 heterocycles. The predicted octanol–water partition coefficient (Wildman–Crippen LogP) is 4.36. The van der Waals surface area contributed by atoms with Crippen LogP contribution in [0.3, 0.4) is 0 Å². The van der Waals surface area contributed by atoms with Crippen LogP contribution in [0.25, 0.3) is 21.8 Å². The van der Waals surface area contributed by atoms with Crippen molar-refractivity contribution in [2.45, 2.75) is 26.3 Å². The van der Waals surface area contributed by atoms with Crippen molar-refractivity contribution in [3.05, 3.63) is 70.8 Å². The number of nitrogens with one attached hydrogen (secondary N) is 1. The van der Waals surface area contributed by atoms with Crippen molar-refractivity contribution in [2.75, 3.05) is 13.7 Å². The average molecular weight is 403 g/mol. The molecule has 4 aromatic rings. The highest BCUT2D eigenvalue weighted by molar-refractivity contribution is 6.10. The van der Waals surface area contributed by atoms with Crippen LogP contribution in [0.4, 0.5) is 4.39 Å². The van der Waals surface area contributed by atoms with E-state index in [-0.39, 0.29) is 17.5 Å². The van der Waals surface area contributed by atoms with Gasteiger partial charge in [0.05, 0.1) is 30.6 Å². The summed E-state index contributed by atoms with van der Waals surface area (Å²) in [6.07, 6.45) is 1.26. The standard InChI is InChI=1S/C24H22FN3O2/c1-14(29)28-10-9-17-21(13-28)26-20(12-15-7-8-22(30-2)18(25)11-15)24-23(17)16-5-3-4-6-19(16)27-24/h3-8,11,27H,9-10,12-13H2,1-2H3. The van der Waals surface area contributed by atoms with E-state index in [9.17, 15) is 9.18 Å². The Morgan fingerprint density at radius 1 is 1.27 bits per heavy atom. The lowest BCUT2D eigenvalue weighted by Crippen LogP contribution is -2.35. The van der Waals surface area contributed by atoms with Crippen LogP contribution in [0.1, 0.15) is 29.4 Å². The van der Waals surface area contributed by atoms with Crippen LogP contribution in [0, 0.1) is 5.82 Å². The van der Waals surface area contributed by atoms with Gasteiger partial charge in [-0.15, -0.1) is 0 Å². The Bertz CT molecular complexity index is 1290. The number of carbonyl (C=O) groups excluding carboxylic acids is 1. The summed E-state index contributed by atoms with van der Waals surface area (Å²) < 4.78 is 19.3. The minimum absolute atomic E-state index is 0.0558. The third-order valence-electron chi connectivity index (χ3n) is 5.92. The van der Waals surface area contributed by atoms with E-state index in [1.807, 2.05) is 23.1 Å². The third kappa shape index (κ3) is 3.00. The number of halogens is 1. The third-order valence-corrected chi connectivity index (χ3v) is 5.92. The molecule has 0 atom stereocenters. The Kier molecular flexibility index (Phi) is 4.42. The summed E-state index contributed by atoms with van der Waals surface area (Å²) in [5, 5.41) is 2.33. The minimum atomic E-state index is -0.386. The Labute approximate surface area is 173 Å². The number of benzene rings is 2. The second kappa shape index (κ2) is 7.13. The van der Waals surface area contributed by atoms with Gasteiger partial charge in [-0.25, -0.2) is 4.39 Å². The SMILES string of the molecule is COc1ccc(Cc2nc3c(c4c2[nH]c2ccccc24)CCN(C(C)=O)C3)cc1F. The molecule has 2 aromatic carbocycles. The van der Waals surface area contributed by atoms with E-state index < -0.39 is 0 Å². The quantitative estimate of drug-likeness (QED) is 0.553. The van der Waals surface area contributed by atoms with Gasteiger partial charge in [-0.05, 0) is 35.7 Å². The number of H-pyrrole nitrogens is 1. The zero-order valence-corrected chi connectivity index (χ0v) is 17.0. The number of para-hydroxylation sites is 1. The number of pyridine rings is 1. The Morgan fingerprint density at radius 3 is 2.87 bits per heavy atom. The summed E-state index contributed by atoms with van der Waals surface area (Å²) in [5.41, 5.74) is 5.85. The number of nitrogens with zero attached hydrogens (tertiary/aromatic N) is 2. The number of ether oxygens (including phenoxy) is 1. The number of fused-ring (bicyclic) bond motifs is 5. The van der Waals surface area contributed by atoms with Gasteiger partial charge >= 0.3 is 0 Å². The zero-order chi connectivity index (χ0) is 20.8. The second-order valence-corrected chi connectivity index (χ2v) is 7.74. The van der Waals surface area contributed by atoms with E-state index in [4.69, 9.17) is 9.72 Å². The number of aromatic nitrogens is 2. The molecule has 0 saturated heterocycles. The highest BCUT2D eigenvalue weighted by Crippen LogP contribution is 2.35. The van der Waals surface area contributed by atoms with Crippen LogP contribution >= 0.6 is 0 Å². The van der Waals surface area contributed by atoms with E-state index in [1.54, 1.807) is 13.0 Å². The molecule has 5 nitrogen and oxygen atoms in total. The summed E-state index contributed by atoms with van der Waals surface area (Å²) in [5.74, 6) is -0.103. The fourth-order valence-corrected chi connectivity index (χ4v) is 4.42. The monoisotopic (exact) mass is 403 g/mol. The molecular formula is C24H22FN3O2. The van der Waals surface area contributed by atoms with E-state index >= 15 is 0 Å². The normalized spacial score (nSPS) is 13.6. The van der Waals surface area contributed by atoms with Crippen molar-refractivity contribution < 1.29 is 13.9 Å². The van der Waals surface area contributed by atoms with Crippen molar-refractivity contribution in [3.63, 3.8) is 0 Å². The molecule has 152 valence electrons. The number of rotatable bonds is 3. The highest BCUT2D eigenvalue weighted by atomic mass is 19.1. The molecule has 1 amide bonds. The fraction of sp³-hybridized carbons (Fsp3) is 0.250. The van der Waals surface area contributed by atoms with Gasteiger partial charge in [-0.1, -0.05) is 24.3 Å². The van der Waals surface area contributed by atoms with Gasteiger partial charge < -0.3 is 14.6 Å². The summed E-state index contributed by atoms with van der Waals surface area (Å²) in [6.45, 7) is 2.79. The molecule has 2 aromatic heterocycles. The van der Waals surface area contributed by atoms with Crippen molar-refractivity contribution in [3.8, 4) is 5.75 Å². The van der Waals surface area contributed by atoms with Crippen molar-refractivity contribution in [1.82, 2.24) is 14.9 Å². The van der Waals surface area contributed by atoms with E-state index in [0.29, 0.717) is 19.5 Å². The number of amides is 1. The van der Waals surface area contributed by atoms with Gasteiger partial charge in [-0.2, -0.15) is 0 Å². The van der Waals surface area contributed by atoms with Gasteiger partial charge in [0.1, 0.15) is 0 Å². The van der Waals surface area contributed by atoms with E-state index in [2.05, 4.69) is 17.1 Å². The first-order chi connectivity index (χ1) is 14.5. The van der Waals surface area contributed by atoms with Crippen molar-refractivity contribution in [1.29, 1.82) is 0 Å². The van der Waals surface area contributed by atoms with Gasteiger partial charge in [0.2, 0.25) is 5.91 Å². The molecule has 5 rings (SSSR count). The molecule has 0 fully saturated rings. The molecule has 30 heavy (non-hydrogen) atoms. The van der Waals surface area contributed by atoms with Crippen LogP contribution in [-0.4, -0.2) is 34.4 Å². The maximum absolute atomic E-state index is 14.3. The summed E-state index contributed by atoms with van der Waals surface area (Å²) in [7, 11) is 1.46. The molecule has 6 heteroatoms. The average Bonchev–Trinajstić information content (AvgIpc) is 3.14. The lowest BCUT2D eigenvalue weighted by Gasteiger charge is -2.28. The van der Waals surface area contributed by atoms with Gasteiger partial charge in [-0.3, -0.25) is 9.78 Å². The van der Waals surface area contributed by atoms with Crippen LogP contribution in [-0.2, 0) is 24.2 Å². The zero-order valence-electron chi connectivity index (χ0n) is 17.0. The van der Waals surface area contributed by atoms with E-state index in [1.165, 1.54) is 24.1 Å². The van der Waals surface area contributed by atoms with Crippen LogP contribution in [0.2, 0.25) is 0 Å². The summed E-state index contributed by atoms with van der Waals surface area (Å²) in [4.78, 5) is 22.3. The van der Waals surface area contributed by atoms with Gasteiger partial charge in [0.15, 0.2) is 11.6 Å². The summed E-state index contributed by atoms with van der Waals surface area (Å²) >= 11 is 0. The first-order valence-corrected chi connectivity index (χ1v) is 10.0. The van der Waals surface area contributed by atoms with Gasteiger partial charge in [0.25, 0.3) is 0 Å². The molecule has 0 bridgehead atoms. The lowest BCUT2D eigenvalue weighted by atomic mass is 9.96. The molecule has 0 saturated carbocycles. The molecular weight excluding hydrogens is 381 g/mol. The number of carbonyl (C=O) groups is 1. The van der Waals surface area contributed by atoms with Crippen LogP contribution in [0.15, 0.2) is 42.5 Å². The number of methoxy groups -OCH3 is 1. The predicted molar refractivity (Wildman–Crippen MR) is 114 cm³/mol. The second-order valence-electron chi connectivity index (χ2n) is 7.74. The topological polar surface area (TPSA) is 58.2 Å². The smallest absolute Gasteiger partial charge is 0.219 e. The lowest BCUT2D eigenvalue weighted by molar-refractivity contribution is -0.129. The first kappa shape index (κ1) is 18.6. The Balaban J connectivity index is 1.69. The highest BCUT2D eigenvalue weighted by Gasteiger charge is 2.25. The van der Waals surface area contributed by atoms with Crippen LogP contribution in [0.5, 0.6) is 5.75 Å². The Hall–Kier alpha value is -3.41. The summed E-state index contributed by atoms with van der Waals surface area (Å²) in [6, 6.07) is 13.2. The maximum atomic E-state index is 14.3.